The van der Waals surface area contributed by atoms with Gasteiger partial charge in [0, 0.05) is 37.4 Å². The second-order valence-electron chi connectivity index (χ2n) is 12.0. The predicted molar refractivity (Wildman–Crippen MR) is 217 cm³/mol. The van der Waals surface area contributed by atoms with E-state index < -0.39 is 17.1 Å². The molecule has 1 atom stereocenters. The minimum absolute atomic E-state index is 0.0192. The fourth-order valence-corrected chi connectivity index (χ4v) is 6.96. The minimum Gasteiger partial charge on any atom is -0.436 e. The van der Waals surface area contributed by atoms with Gasteiger partial charge in [0.2, 0.25) is 11.8 Å². The first-order chi connectivity index (χ1) is 26.3. The highest BCUT2D eigenvalue weighted by Gasteiger charge is 2.23. The summed E-state index contributed by atoms with van der Waals surface area (Å²) in [4.78, 5) is 45.8. The summed E-state index contributed by atoms with van der Waals surface area (Å²) < 4.78 is 5.89. The summed E-state index contributed by atoms with van der Waals surface area (Å²) in [6, 6.07) is 45.0. The third kappa shape index (κ3) is 8.90. The molecule has 8 nitrogen and oxygen atoms in total. The van der Waals surface area contributed by atoms with E-state index in [2.05, 4.69) is 20.9 Å². The summed E-state index contributed by atoms with van der Waals surface area (Å²) >= 11 is 13.8. The highest BCUT2D eigenvalue weighted by atomic mass is 35.5. The number of halogens is 2. The smallest absolute Gasteiger partial charge is 0.272 e. The zero-order valence-corrected chi connectivity index (χ0v) is 30.7. The van der Waals surface area contributed by atoms with Crippen molar-refractivity contribution >= 4 is 81.2 Å². The van der Waals surface area contributed by atoms with Crippen molar-refractivity contribution in [2.75, 3.05) is 10.6 Å². The molecule has 0 fully saturated rings. The molecule has 0 bridgehead atoms. The molecule has 6 aromatic carbocycles. The molecule has 1 aromatic heterocycles. The van der Waals surface area contributed by atoms with Crippen molar-refractivity contribution in [3.05, 3.63) is 184 Å². The van der Waals surface area contributed by atoms with Gasteiger partial charge < -0.3 is 20.4 Å². The Bertz CT molecular complexity index is 2440. The number of hydrogen-bond donors (Lipinski definition) is 3. The quantitative estimate of drug-likeness (QED) is 0.0892. The summed E-state index contributed by atoms with van der Waals surface area (Å²) in [5.74, 6) is -0.725. The molecule has 7 rings (SSSR count). The summed E-state index contributed by atoms with van der Waals surface area (Å²) in [7, 11) is 0. The van der Waals surface area contributed by atoms with Gasteiger partial charge in [-0.05, 0) is 102 Å². The Morgan fingerprint density at radius 3 is 2.06 bits per heavy atom. The average molecular weight is 770 g/mol. The Balaban J connectivity index is 1.06. The second-order valence-corrected chi connectivity index (χ2v) is 14.0. The first kappa shape index (κ1) is 36.2. The molecule has 3 N–H and O–H groups in total. The second kappa shape index (κ2) is 16.7. The molecule has 54 heavy (non-hydrogen) atoms. The zero-order chi connectivity index (χ0) is 37.4. The molecule has 3 amide bonds. The maximum absolute atomic E-state index is 13.8. The molecule has 0 radical (unpaired) electrons. The molecule has 0 aliphatic heterocycles. The van der Waals surface area contributed by atoms with Gasteiger partial charge in [-0.25, -0.2) is 4.98 Å². The number of hydrogen-bond acceptors (Lipinski definition) is 6. The molecule has 0 saturated carbocycles. The lowest BCUT2D eigenvalue weighted by Gasteiger charge is -2.18. The number of benzene rings is 6. The van der Waals surface area contributed by atoms with Gasteiger partial charge in [0.05, 0.1) is 0 Å². The highest BCUT2D eigenvalue weighted by Crippen LogP contribution is 2.37. The van der Waals surface area contributed by atoms with Crippen LogP contribution in [0.15, 0.2) is 167 Å². The van der Waals surface area contributed by atoms with E-state index in [0.717, 1.165) is 21.5 Å². The van der Waals surface area contributed by atoms with Gasteiger partial charge in [-0.2, -0.15) is 0 Å². The fourth-order valence-electron chi connectivity index (χ4n) is 5.47. The van der Waals surface area contributed by atoms with Gasteiger partial charge >= 0.3 is 0 Å². The maximum Gasteiger partial charge on any atom is 0.272 e. The number of carbonyl (C=O) groups is 3. The molecule has 0 spiro atoms. The van der Waals surface area contributed by atoms with E-state index in [1.807, 2.05) is 91.0 Å². The molecule has 11 heteroatoms. The number of thioether (sulfide) groups is 1. The van der Waals surface area contributed by atoms with Crippen LogP contribution in [0.2, 0.25) is 10.0 Å². The van der Waals surface area contributed by atoms with Gasteiger partial charge in [0.1, 0.15) is 16.5 Å². The number of amides is 3. The maximum atomic E-state index is 13.8. The summed E-state index contributed by atoms with van der Waals surface area (Å²) in [5.41, 5.74) is 5.06. The van der Waals surface area contributed by atoms with Gasteiger partial charge in [-0.3, -0.25) is 14.4 Å². The molecular weight excluding hydrogens is 739 g/mol. The van der Waals surface area contributed by atoms with Gasteiger partial charge in [-0.15, -0.1) is 11.8 Å². The third-order valence-electron chi connectivity index (χ3n) is 8.19. The number of fused-ring (bicyclic) bond motifs is 1. The van der Waals surface area contributed by atoms with Gasteiger partial charge in [0.15, 0.2) is 5.58 Å². The lowest BCUT2D eigenvalue weighted by atomic mass is 10.1. The van der Waals surface area contributed by atoms with Gasteiger partial charge in [0.25, 0.3) is 11.8 Å². The fraction of sp³-hybridized carbons (Fsp3) is 0.0233. The van der Waals surface area contributed by atoms with Crippen LogP contribution in [0.3, 0.4) is 0 Å². The van der Waals surface area contributed by atoms with Crippen LogP contribution in [0.5, 0.6) is 0 Å². The number of oxazole rings is 1. The number of carbonyl (C=O) groups excluding carboxylic acids is 3. The zero-order valence-electron chi connectivity index (χ0n) is 28.3. The summed E-state index contributed by atoms with van der Waals surface area (Å²) in [5, 5.41) is 8.77. The molecule has 0 aliphatic carbocycles. The average Bonchev–Trinajstić information content (AvgIpc) is 3.64. The van der Waals surface area contributed by atoms with Crippen molar-refractivity contribution in [3.63, 3.8) is 0 Å². The predicted octanol–water partition coefficient (Wildman–Crippen LogP) is 10.7. The van der Waals surface area contributed by atoms with E-state index in [1.54, 1.807) is 60.7 Å². The number of aromatic nitrogens is 1. The van der Waals surface area contributed by atoms with E-state index in [1.165, 1.54) is 17.8 Å². The Morgan fingerprint density at radius 2 is 1.35 bits per heavy atom. The van der Waals surface area contributed by atoms with Gasteiger partial charge in [-0.1, -0.05) is 89.9 Å². The molecule has 0 saturated heterocycles. The molecule has 266 valence electrons. The summed E-state index contributed by atoms with van der Waals surface area (Å²) in [6.07, 6.45) is 1.49. The van der Waals surface area contributed by atoms with E-state index in [0.29, 0.717) is 44.0 Å². The standard InChI is InChI=1S/C43H30Cl2N4O4S/c44-31-18-15-30(35(45)26-31)25-37(48-40(50)28-11-5-2-6-12-28)41(51)46-33-21-23-34(24-22-33)54-39(27-9-3-1-4-10-27)42(52)47-32-19-16-29(17-20-32)43-49-36-13-7-8-14-38(36)53-43/h1-26,39H,(H,46,51)(H,47,52)(H,48,50)/b37-25-. The van der Waals surface area contributed by atoms with Crippen LogP contribution in [-0.2, 0) is 9.59 Å². The van der Waals surface area contributed by atoms with Crippen LogP contribution in [0.1, 0.15) is 26.7 Å². The summed E-state index contributed by atoms with van der Waals surface area (Å²) in [6.45, 7) is 0. The number of nitrogens with one attached hydrogen (secondary N) is 3. The minimum atomic E-state index is -0.588. The van der Waals surface area contributed by atoms with Crippen molar-refractivity contribution in [1.82, 2.24) is 10.3 Å². The van der Waals surface area contributed by atoms with Crippen molar-refractivity contribution in [2.24, 2.45) is 0 Å². The highest BCUT2D eigenvalue weighted by molar-refractivity contribution is 8.00. The van der Waals surface area contributed by atoms with E-state index >= 15 is 0 Å². The number of para-hydroxylation sites is 2. The monoisotopic (exact) mass is 768 g/mol. The Hall–Kier alpha value is -6.13. The number of nitrogens with zero attached hydrogens (tertiary/aromatic N) is 1. The van der Waals surface area contributed by atoms with Crippen molar-refractivity contribution in [1.29, 1.82) is 0 Å². The third-order valence-corrected chi connectivity index (χ3v) is 10.0. The van der Waals surface area contributed by atoms with Crippen LogP contribution < -0.4 is 16.0 Å². The normalized spacial score (nSPS) is 11.9. The molecule has 1 unspecified atom stereocenters. The molecule has 7 aromatic rings. The first-order valence-electron chi connectivity index (χ1n) is 16.7. The van der Waals surface area contributed by atoms with Crippen molar-refractivity contribution in [3.8, 4) is 11.5 Å². The van der Waals surface area contributed by atoms with Crippen LogP contribution in [0.4, 0.5) is 11.4 Å². The van der Waals surface area contributed by atoms with Crippen LogP contribution >= 0.6 is 35.0 Å². The van der Waals surface area contributed by atoms with Crippen molar-refractivity contribution < 1.29 is 18.8 Å². The topological polar surface area (TPSA) is 113 Å². The SMILES string of the molecule is O=C(Nc1ccc(SC(C(=O)Nc2ccc(-c3nc4ccccc4o3)cc2)c2ccccc2)cc1)/C(=C/c1ccc(Cl)cc1Cl)NC(=O)c1ccccc1. The lowest BCUT2D eigenvalue weighted by molar-refractivity contribution is -0.116. The molecule has 0 aliphatic rings. The number of rotatable bonds is 11. The largest absolute Gasteiger partial charge is 0.436 e. The van der Waals surface area contributed by atoms with Crippen LogP contribution in [0.25, 0.3) is 28.6 Å². The molecule has 1 heterocycles. The molecular formula is C43H30Cl2N4O4S. The Kier molecular flexibility index (Phi) is 11.2. The van der Waals surface area contributed by atoms with E-state index in [-0.39, 0.29) is 11.6 Å². The van der Waals surface area contributed by atoms with E-state index in [9.17, 15) is 14.4 Å². The Labute approximate surface area is 325 Å². The Morgan fingerprint density at radius 1 is 0.704 bits per heavy atom. The van der Waals surface area contributed by atoms with Crippen LogP contribution in [0, 0.1) is 0 Å². The van der Waals surface area contributed by atoms with E-state index in [4.69, 9.17) is 27.6 Å². The lowest BCUT2D eigenvalue weighted by Crippen LogP contribution is -2.30. The van der Waals surface area contributed by atoms with Crippen molar-refractivity contribution in [2.45, 2.75) is 10.1 Å². The van der Waals surface area contributed by atoms with Crippen LogP contribution in [-0.4, -0.2) is 22.7 Å². The number of anilines is 2. The first-order valence-corrected chi connectivity index (χ1v) is 18.4.